The summed E-state index contributed by atoms with van der Waals surface area (Å²) in [7, 11) is 0. The highest BCUT2D eigenvalue weighted by Gasteiger charge is 2.33. The van der Waals surface area contributed by atoms with Crippen molar-refractivity contribution in [3.8, 4) is 0 Å². The molecule has 0 saturated carbocycles. The maximum Gasteiger partial charge on any atom is 0.0758 e. The van der Waals surface area contributed by atoms with Crippen molar-refractivity contribution in [1.29, 1.82) is 0 Å². The minimum absolute atomic E-state index is 0.648. The summed E-state index contributed by atoms with van der Waals surface area (Å²) in [6.07, 6.45) is 4.60. The van der Waals surface area contributed by atoms with Crippen molar-refractivity contribution in [2.45, 2.75) is 25.4 Å². The molecule has 5 rings (SSSR count). The summed E-state index contributed by atoms with van der Waals surface area (Å²) in [5.41, 5.74) is 2.41. The van der Waals surface area contributed by atoms with Crippen LogP contribution in [-0.4, -0.2) is 35.6 Å². The van der Waals surface area contributed by atoms with Gasteiger partial charge in [0.05, 0.1) is 5.52 Å². The van der Waals surface area contributed by atoms with E-state index in [4.69, 9.17) is 0 Å². The van der Waals surface area contributed by atoms with Crippen LogP contribution >= 0.6 is 15.9 Å². The van der Waals surface area contributed by atoms with Crippen molar-refractivity contribution in [2.24, 2.45) is 5.92 Å². The Labute approximate surface area is 133 Å². The first kappa shape index (κ1) is 13.7. The fourth-order valence-corrected chi connectivity index (χ4v) is 4.23. The Balaban J connectivity index is 1.54. The van der Waals surface area contributed by atoms with E-state index in [0.29, 0.717) is 6.04 Å². The topological polar surface area (TPSA) is 28.2 Å². The number of pyridine rings is 1. The highest BCUT2D eigenvalue weighted by molar-refractivity contribution is 9.10. The quantitative estimate of drug-likeness (QED) is 0.925. The summed E-state index contributed by atoms with van der Waals surface area (Å²) in [6.45, 7) is 4.72. The standard InChI is InChI=1S/C17H20BrN3/c18-15-4-3-13(17-14(15)2-1-7-19-17)10-20-16-11-21-8-5-12(16)6-9-21/h1-4,7,12,16,20H,5-6,8-11H2. The van der Waals surface area contributed by atoms with Crippen molar-refractivity contribution in [1.82, 2.24) is 15.2 Å². The summed E-state index contributed by atoms with van der Waals surface area (Å²) < 4.78 is 1.12. The first-order valence-electron chi connectivity index (χ1n) is 7.79. The van der Waals surface area contributed by atoms with Crippen molar-refractivity contribution >= 4 is 26.8 Å². The molecule has 21 heavy (non-hydrogen) atoms. The summed E-state index contributed by atoms with van der Waals surface area (Å²) in [5.74, 6) is 0.865. The molecule has 1 unspecified atom stereocenters. The molecule has 3 saturated heterocycles. The van der Waals surface area contributed by atoms with Gasteiger partial charge in [-0.25, -0.2) is 0 Å². The Morgan fingerprint density at radius 2 is 2.10 bits per heavy atom. The zero-order valence-electron chi connectivity index (χ0n) is 12.1. The van der Waals surface area contributed by atoms with E-state index in [0.717, 1.165) is 22.5 Å². The van der Waals surface area contributed by atoms with E-state index in [1.165, 1.54) is 43.4 Å². The van der Waals surface area contributed by atoms with Gasteiger partial charge in [0.1, 0.15) is 0 Å². The number of halogens is 1. The number of hydrogen-bond acceptors (Lipinski definition) is 3. The molecule has 3 nitrogen and oxygen atoms in total. The molecule has 3 aliphatic heterocycles. The monoisotopic (exact) mass is 345 g/mol. The van der Waals surface area contributed by atoms with E-state index in [1.807, 2.05) is 12.3 Å². The van der Waals surface area contributed by atoms with Gasteiger partial charge in [-0.1, -0.05) is 28.1 Å². The fourth-order valence-electron chi connectivity index (χ4n) is 3.78. The van der Waals surface area contributed by atoms with Crippen molar-refractivity contribution in [3.63, 3.8) is 0 Å². The van der Waals surface area contributed by atoms with Gasteiger partial charge in [-0.05, 0) is 49.5 Å². The van der Waals surface area contributed by atoms with Crippen LogP contribution in [0.15, 0.2) is 34.9 Å². The molecule has 1 aromatic heterocycles. The second-order valence-electron chi connectivity index (χ2n) is 6.23. The van der Waals surface area contributed by atoms with Crippen LogP contribution in [-0.2, 0) is 6.54 Å². The van der Waals surface area contributed by atoms with E-state index >= 15 is 0 Å². The van der Waals surface area contributed by atoms with Crippen LogP contribution in [0, 0.1) is 5.92 Å². The van der Waals surface area contributed by atoms with Crippen LogP contribution in [0.2, 0.25) is 0 Å². The third-order valence-corrected chi connectivity index (χ3v) is 5.70. The Bertz CT molecular complexity index is 650. The fraction of sp³-hybridized carbons (Fsp3) is 0.471. The minimum Gasteiger partial charge on any atom is -0.308 e. The number of rotatable bonds is 3. The van der Waals surface area contributed by atoms with Crippen LogP contribution in [0.1, 0.15) is 18.4 Å². The van der Waals surface area contributed by atoms with Crippen LogP contribution in [0.4, 0.5) is 0 Å². The molecule has 110 valence electrons. The summed E-state index contributed by atoms with van der Waals surface area (Å²) in [4.78, 5) is 7.17. The average Bonchev–Trinajstić information content (AvgIpc) is 2.56. The lowest BCUT2D eigenvalue weighted by Crippen LogP contribution is -2.55. The molecular weight excluding hydrogens is 326 g/mol. The number of aromatic nitrogens is 1. The van der Waals surface area contributed by atoms with Crippen molar-refractivity contribution in [2.75, 3.05) is 19.6 Å². The van der Waals surface area contributed by atoms with Crippen LogP contribution in [0.5, 0.6) is 0 Å². The van der Waals surface area contributed by atoms with Gasteiger partial charge in [0.25, 0.3) is 0 Å². The van der Waals surface area contributed by atoms with E-state index < -0.39 is 0 Å². The van der Waals surface area contributed by atoms with Gasteiger partial charge in [-0.3, -0.25) is 4.98 Å². The second-order valence-corrected chi connectivity index (χ2v) is 7.09. The maximum atomic E-state index is 4.57. The third-order valence-electron chi connectivity index (χ3n) is 5.01. The average molecular weight is 346 g/mol. The number of nitrogens with one attached hydrogen (secondary N) is 1. The molecule has 0 aliphatic carbocycles. The second kappa shape index (κ2) is 5.67. The van der Waals surface area contributed by atoms with Crippen LogP contribution < -0.4 is 5.32 Å². The highest BCUT2D eigenvalue weighted by Crippen LogP contribution is 2.29. The molecule has 0 amide bonds. The van der Waals surface area contributed by atoms with Gasteiger partial charge in [0, 0.05) is 35.2 Å². The summed E-state index contributed by atoms with van der Waals surface area (Å²) >= 11 is 3.62. The molecule has 3 fully saturated rings. The Morgan fingerprint density at radius 1 is 1.24 bits per heavy atom. The molecule has 1 aromatic carbocycles. The van der Waals surface area contributed by atoms with E-state index in [9.17, 15) is 0 Å². The lowest BCUT2D eigenvalue weighted by atomic mass is 9.84. The number of piperidine rings is 3. The Hall–Kier alpha value is -0.970. The summed E-state index contributed by atoms with van der Waals surface area (Å²) in [6, 6.07) is 9.10. The van der Waals surface area contributed by atoms with E-state index in [-0.39, 0.29) is 0 Å². The number of benzene rings is 1. The lowest BCUT2D eigenvalue weighted by molar-refractivity contribution is 0.0720. The maximum absolute atomic E-state index is 4.57. The number of hydrogen-bond donors (Lipinski definition) is 1. The molecule has 4 heteroatoms. The zero-order chi connectivity index (χ0) is 14.2. The van der Waals surface area contributed by atoms with Gasteiger partial charge in [-0.2, -0.15) is 0 Å². The molecular formula is C17H20BrN3. The van der Waals surface area contributed by atoms with Crippen LogP contribution in [0.25, 0.3) is 10.9 Å². The molecule has 0 radical (unpaired) electrons. The minimum atomic E-state index is 0.648. The van der Waals surface area contributed by atoms with Gasteiger partial charge < -0.3 is 10.2 Å². The molecule has 2 aromatic rings. The SMILES string of the molecule is Brc1ccc(CNC2CN3CCC2CC3)c2ncccc12. The predicted octanol–water partition coefficient (Wildman–Crippen LogP) is 3.18. The highest BCUT2D eigenvalue weighted by atomic mass is 79.9. The first-order chi connectivity index (χ1) is 10.3. The van der Waals surface area contributed by atoms with Gasteiger partial charge >= 0.3 is 0 Å². The van der Waals surface area contributed by atoms with E-state index in [1.54, 1.807) is 0 Å². The molecule has 1 atom stereocenters. The Morgan fingerprint density at radius 3 is 2.86 bits per heavy atom. The molecule has 1 N–H and O–H groups in total. The molecule has 0 spiro atoms. The summed E-state index contributed by atoms with van der Waals surface area (Å²) in [5, 5.41) is 4.98. The van der Waals surface area contributed by atoms with E-state index in [2.05, 4.69) is 49.3 Å². The lowest BCUT2D eigenvalue weighted by Gasteiger charge is -2.45. The zero-order valence-corrected chi connectivity index (χ0v) is 13.6. The van der Waals surface area contributed by atoms with Crippen LogP contribution in [0.3, 0.4) is 0 Å². The first-order valence-corrected chi connectivity index (χ1v) is 8.58. The Kier molecular flexibility index (Phi) is 3.69. The third kappa shape index (κ3) is 2.60. The normalized spacial score (nSPS) is 28.1. The van der Waals surface area contributed by atoms with Gasteiger partial charge in [-0.15, -0.1) is 0 Å². The largest absolute Gasteiger partial charge is 0.308 e. The van der Waals surface area contributed by atoms with Crippen molar-refractivity contribution < 1.29 is 0 Å². The van der Waals surface area contributed by atoms with Gasteiger partial charge in [0.15, 0.2) is 0 Å². The van der Waals surface area contributed by atoms with Crippen molar-refractivity contribution in [3.05, 3.63) is 40.5 Å². The predicted molar refractivity (Wildman–Crippen MR) is 89.2 cm³/mol. The smallest absolute Gasteiger partial charge is 0.0758 e. The van der Waals surface area contributed by atoms with Gasteiger partial charge in [0.2, 0.25) is 0 Å². The number of fused-ring (bicyclic) bond motifs is 4. The molecule has 4 heterocycles. The molecule has 3 aliphatic rings. The number of nitrogens with zero attached hydrogens (tertiary/aromatic N) is 2. The molecule has 2 bridgehead atoms.